The zero-order valence-electron chi connectivity index (χ0n) is 20.5. The van der Waals surface area contributed by atoms with Crippen molar-refractivity contribution >= 4 is 29.4 Å². The van der Waals surface area contributed by atoms with Gasteiger partial charge in [-0.25, -0.2) is 4.90 Å². The van der Waals surface area contributed by atoms with Crippen LogP contribution in [-0.2, 0) is 32.0 Å². The van der Waals surface area contributed by atoms with Gasteiger partial charge in [-0.05, 0) is 41.7 Å². The van der Waals surface area contributed by atoms with Crippen LogP contribution in [-0.4, -0.2) is 52.7 Å². The van der Waals surface area contributed by atoms with Gasteiger partial charge in [0.1, 0.15) is 18.8 Å². The Labute approximate surface area is 213 Å². The summed E-state index contributed by atoms with van der Waals surface area (Å²) in [6, 6.07) is 9.59. The summed E-state index contributed by atoms with van der Waals surface area (Å²) in [6.45, 7) is 4.54. The third-order valence-electron chi connectivity index (χ3n) is 7.58. The zero-order chi connectivity index (χ0) is 26.5. The highest BCUT2D eigenvalue weighted by molar-refractivity contribution is 6.25. The molecular weight excluding hydrogens is 480 g/mol. The van der Waals surface area contributed by atoms with Gasteiger partial charge in [-0.1, -0.05) is 38.1 Å². The largest absolute Gasteiger partial charge is 0.486 e. The third kappa shape index (κ3) is 3.74. The second-order valence-electron chi connectivity index (χ2n) is 9.52. The number of carboxylic acids is 2. The number of hydrogen-bond acceptors (Lipinski definition) is 7. The zero-order valence-corrected chi connectivity index (χ0v) is 20.5. The summed E-state index contributed by atoms with van der Waals surface area (Å²) in [5, 5.41) is 22.9. The normalized spacial score (nSPS) is 26.3. The van der Waals surface area contributed by atoms with Gasteiger partial charge in [-0.3, -0.25) is 24.5 Å². The van der Waals surface area contributed by atoms with Crippen molar-refractivity contribution < 1.29 is 38.9 Å². The van der Waals surface area contributed by atoms with Gasteiger partial charge in [0, 0.05) is 6.04 Å². The number of aryl methyl sites for hydroxylation is 2. The van der Waals surface area contributed by atoms with E-state index in [0.717, 1.165) is 16.0 Å². The van der Waals surface area contributed by atoms with Crippen LogP contribution in [0.25, 0.3) is 0 Å². The van der Waals surface area contributed by atoms with Crippen LogP contribution in [0.3, 0.4) is 0 Å². The predicted molar refractivity (Wildman–Crippen MR) is 131 cm³/mol. The van der Waals surface area contributed by atoms with E-state index in [1.165, 1.54) is 0 Å². The summed E-state index contributed by atoms with van der Waals surface area (Å²) >= 11 is 0. The second-order valence-corrected chi connectivity index (χ2v) is 9.52. The highest BCUT2D eigenvalue weighted by Crippen LogP contribution is 2.52. The van der Waals surface area contributed by atoms with Gasteiger partial charge in [-0.2, -0.15) is 0 Å². The molecule has 3 N–H and O–H groups in total. The molecule has 0 radical (unpaired) electrons. The average Bonchev–Trinajstić information content (AvgIpc) is 3.36. The number of ether oxygens (including phenoxy) is 2. The molecule has 10 nitrogen and oxygen atoms in total. The Hall–Kier alpha value is -3.92. The fraction of sp³-hybridized carbons (Fsp3) is 0.407. The van der Waals surface area contributed by atoms with Gasteiger partial charge in [0.15, 0.2) is 11.5 Å². The number of nitrogens with zero attached hydrogens (tertiary/aromatic N) is 1. The molecule has 0 spiro atoms. The number of imide groups is 1. The van der Waals surface area contributed by atoms with Crippen molar-refractivity contribution in [1.82, 2.24) is 5.32 Å². The molecule has 4 atom stereocenters. The van der Waals surface area contributed by atoms with Crippen molar-refractivity contribution in [3.8, 4) is 11.5 Å². The van der Waals surface area contributed by atoms with E-state index in [1.54, 1.807) is 18.2 Å². The van der Waals surface area contributed by atoms with Gasteiger partial charge < -0.3 is 19.7 Å². The van der Waals surface area contributed by atoms with Crippen LogP contribution in [0.1, 0.15) is 43.0 Å². The molecule has 194 valence electrons. The monoisotopic (exact) mass is 508 g/mol. The number of amides is 2. The second kappa shape index (κ2) is 9.19. The Balaban J connectivity index is 1.68. The number of fused-ring (bicyclic) bond motifs is 2. The van der Waals surface area contributed by atoms with Crippen molar-refractivity contribution in [2.45, 2.75) is 44.7 Å². The Morgan fingerprint density at radius 3 is 2.24 bits per heavy atom. The molecule has 4 unspecified atom stereocenters. The molecule has 3 aliphatic rings. The van der Waals surface area contributed by atoms with Gasteiger partial charge >= 0.3 is 11.9 Å². The van der Waals surface area contributed by atoms with E-state index < -0.39 is 53.6 Å². The molecule has 5 rings (SSSR count). The number of nitrogens with one attached hydrogen (secondary N) is 1. The molecule has 0 aromatic heterocycles. The minimum atomic E-state index is -2.18. The third-order valence-corrected chi connectivity index (χ3v) is 7.58. The first-order valence-electron chi connectivity index (χ1n) is 12.3. The van der Waals surface area contributed by atoms with E-state index in [0.29, 0.717) is 48.8 Å². The maximum Gasteiger partial charge on any atom is 0.325 e. The van der Waals surface area contributed by atoms with E-state index in [1.807, 2.05) is 32.0 Å². The van der Waals surface area contributed by atoms with Crippen molar-refractivity contribution in [2.24, 2.45) is 11.8 Å². The molecule has 0 bridgehead atoms. The number of aliphatic carboxylic acids is 2. The molecule has 10 heteroatoms. The number of hydrogen-bond donors (Lipinski definition) is 3. The van der Waals surface area contributed by atoms with Crippen LogP contribution >= 0.6 is 0 Å². The molecule has 2 fully saturated rings. The minimum absolute atomic E-state index is 0.331. The molecule has 2 saturated heterocycles. The number of para-hydroxylation sites is 1. The fourth-order valence-electron chi connectivity index (χ4n) is 5.94. The van der Waals surface area contributed by atoms with E-state index in [9.17, 15) is 29.4 Å². The van der Waals surface area contributed by atoms with E-state index in [2.05, 4.69) is 5.32 Å². The van der Waals surface area contributed by atoms with Crippen LogP contribution < -0.4 is 19.7 Å². The maximum absolute atomic E-state index is 14.1. The summed E-state index contributed by atoms with van der Waals surface area (Å²) in [6.07, 6.45) is 0.241. The molecule has 2 aromatic rings. The van der Waals surface area contributed by atoms with Crippen molar-refractivity contribution in [3.63, 3.8) is 0 Å². The highest BCUT2D eigenvalue weighted by Gasteiger charge is 2.69. The number of benzene rings is 2. The van der Waals surface area contributed by atoms with Crippen LogP contribution in [0.2, 0.25) is 0 Å². The fourth-order valence-corrected chi connectivity index (χ4v) is 5.94. The lowest BCUT2D eigenvalue weighted by atomic mass is 9.77. The number of rotatable bonds is 7. The quantitative estimate of drug-likeness (QED) is 0.480. The molecule has 2 amide bonds. The summed E-state index contributed by atoms with van der Waals surface area (Å²) in [5.74, 6) is -5.73. The molecule has 3 aliphatic heterocycles. The first-order valence-corrected chi connectivity index (χ1v) is 12.3. The minimum Gasteiger partial charge on any atom is -0.486 e. The van der Waals surface area contributed by atoms with Gasteiger partial charge in [0.05, 0.1) is 23.9 Å². The molecular formula is C27H28N2O8. The van der Waals surface area contributed by atoms with Crippen LogP contribution in [0, 0.1) is 11.8 Å². The summed E-state index contributed by atoms with van der Waals surface area (Å²) < 4.78 is 11.2. The van der Waals surface area contributed by atoms with E-state index >= 15 is 0 Å². The van der Waals surface area contributed by atoms with E-state index in [-0.39, 0.29) is 0 Å². The van der Waals surface area contributed by atoms with Crippen LogP contribution in [0.5, 0.6) is 11.5 Å². The first kappa shape index (κ1) is 24.8. The van der Waals surface area contributed by atoms with Gasteiger partial charge in [0.2, 0.25) is 11.8 Å². The number of carboxylic acid groups (broad SMARTS) is 2. The summed E-state index contributed by atoms with van der Waals surface area (Å²) in [5.41, 5.74) is 0.361. The summed E-state index contributed by atoms with van der Waals surface area (Å²) in [4.78, 5) is 53.8. The van der Waals surface area contributed by atoms with Crippen molar-refractivity contribution in [3.05, 3.63) is 53.1 Å². The van der Waals surface area contributed by atoms with Crippen LogP contribution in [0.4, 0.5) is 5.69 Å². The van der Waals surface area contributed by atoms with E-state index in [4.69, 9.17) is 9.47 Å². The molecule has 3 heterocycles. The van der Waals surface area contributed by atoms with Crippen molar-refractivity contribution in [1.29, 1.82) is 0 Å². The molecule has 37 heavy (non-hydrogen) atoms. The SMILES string of the molecule is CCc1cccc(CC)c1N1C(=O)C2C(c3ccc4c(c3)OCCO4)NC(CC(=O)O)(C(=O)O)C2C1=O. The smallest absolute Gasteiger partial charge is 0.325 e. The lowest BCUT2D eigenvalue weighted by molar-refractivity contribution is -0.154. The van der Waals surface area contributed by atoms with Crippen molar-refractivity contribution in [2.75, 3.05) is 18.1 Å². The Morgan fingerprint density at radius 2 is 1.65 bits per heavy atom. The van der Waals surface area contributed by atoms with Gasteiger partial charge in [0.25, 0.3) is 0 Å². The van der Waals surface area contributed by atoms with Gasteiger partial charge in [-0.15, -0.1) is 0 Å². The number of carbonyl (C=O) groups is 4. The molecule has 0 saturated carbocycles. The molecule has 0 aliphatic carbocycles. The first-order chi connectivity index (χ1) is 17.7. The molecule has 2 aromatic carbocycles. The number of anilines is 1. The Kier molecular flexibility index (Phi) is 6.15. The Morgan fingerprint density at radius 1 is 1.00 bits per heavy atom. The Bertz CT molecular complexity index is 1290. The van der Waals surface area contributed by atoms with Crippen LogP contribution in [0.15, 0.2) is 36.4 Å². The standard InChI is InChI=1S/C27H28N2O8/c1-3-14-6-5-7-15(4-2)23(14)29-24(32)20-21(25(29)33)27(26(34)35,13-19(30)31)28-22(20)16-8-9-17-18(12-16)37-11-10-36-17/h5-9,12,20-22,28H,3-4,10-11,13H2,1-2H3,(H,30,31)(H,34,35). The highest BCUT2D eigenvalue weighted by atomic mass is 16.6. The topological polar surface area (TPSA) is 142 Å². The lowest BCUT2D eigenvalue weighted by Crippen LogP contribution is -2.57. The summed E-state index contributed by atoms with van der Waals surface area (Å²) in [7, 11) is 0. The predicted octanol–water partition coefficient (Wildman–Crippen LogP) is 2.33. The lowest BCUT2D eigenvalue weighted by Gasteiger charge is -2.31. The number of carbonyl (C=O) groups excluding carboxylic acids is 2. The average molecular weight is 509 g/mol. The maximum atomic E-state index is 14.1.